The van der Waals surface area contributed by atoms with Crippen LogP contribution in [-0.4, -0.2) is 23.0 Å². The van der Waals surface area contributed by atoms with Gasteiger partial charge in [0.2, 0.25) is 0 Å². The highest BCUT2D eigenvalue weighted by atomic mass is 32.1. The summed E-state index contributed by atoms with van der Waals surface area (Å²) in [6.45, 7) is 1.77. The Morgan fingerprint density at radius 1 is 1.29 bits per heavy atom. The average molecular weight is 301 g/mol. The zero-order valence-electron chi connectivity index (χ0n) is 11.7. The van der Waals surface area contributed by atoms with E-state index in [2.05, 4.69) is 10.3 Å². The predicted molar refractivity (Wildman–Crippen MR) is 85.8 cm³/mol. The number of rotatable bonds is 4. The molecule has 21 heavy (non-hydrogen) atoms. The Balaban J connectivity index is 2.41. The number of amides is 1. The number of nitrogens with one attached hydrogen (secondary N) is 1. The van der Waals surface area contributed by atoms with Gasteiger partial charge < -0.3 is 15.8 Å². The van der Waals surface area contributed by atoms with Crippen LogP contribution in [0.25, 0.3) is 0 Å². The SMILES string of the molecule is COc1cccc(C(N)=S)c1NC(=O)c1cccnc1C. The van der Waals surface area contributed by atoms with Gasteiger partial charge in [0.05, 0.1) is 18.4 Å². The van der Waals surface area contributed by atoms with Crippen LogP contribution in [0.3, 0.4) is 0 Å². The van der Waals surface area contributed by atoms with Gasteiger partial charge in [-0.2, -0.15) is 0 Å². The van der Waals surface area contributed by atoms with Crippen LogP contribution in [0.2, 0.25) is 0 Å². The van der Waals surface area contributed by atoms with Crippen molar-refractivity contribution in [3.05, 3.63) is 53.3 Å². The van der Waals surface area contributed by atoms with Gasteiger partial charge in [-0.05, 0) is 31.2 Å². The van der Waals surface area contributed by atoms with Crippen molar-refractivity contribution >= 4 is 28.8 Å². The lowest BCUT2D eigenvalue weighted by Gasteiger charge is -2.14. The number of methoxy groups -OCH3 is 1. The molecule has 5 nitrogen and oxygen atoms in total. The summed E-state index contributed by atoms with van der Waals surface area (Å²) in [5, 5.41) is 2.80. The Hall–Kier alpha value is -2.47. The summed E-state index contributed by atoms with van der Waals surface area (Å²) in [6, 6.07) is 8.63. The first kappa shape index (κ1) is 14.9. The molecule has 0 unspecified atom stereocenters. The molecule has 0 aliphatic heterocycles. The number of nitrogens with two attached hydrogens (primary N) is 1. The van der Waals surface area contributed by atoms with E-state index >= 15 is 0 Å². The average Bonchev–Trinajstić information content (AvgIpc) is 2.47. The molecule has 3 N–H and O–H groups in total. The summed E-state index contributed by atoms with van der Waals surface area (Å²) in [5.74, 6) is 0.206. The molecule has 108 valence electrons. The molecule has 0 aliphatic rings. The predicted octanol–water partition coefficient (Wildman–Crippen LogP) is 2.29. The Bertz CT molecular complexity index is 701. The molecule has 0 saturated heterocycles. The van der Waals surface area contributed by atoms with Crippen molar-refractivity contribution in [2.75, 3.05) is 12.4 Å². The number of carbonyl (C=O) groups excluding carboxylic acids is 1. The van der Waals surface area contributed by atoms with E-state index in [0.717, 1.165) is 0 Å². The van der Waals surface area contributed by atoms with Gasteiger partial charge in [-0.3, -0.25) is 9.78 Å². The summed E-state index contributed by atoms with van der Waals surface area (Å²) in [4.78, 5) is 16.7. The summed E-state index contributed by atoms with van der Waals surface area (Å²) < 4.78 is 5.26. The number of aromatic nitrogens is 1. The third-order valence-electron chi connectivity index (χ3n) is 3.00. The van der Waals surface area contributed by atoms with Crippen molar-refractivity contribution in [1.29, 1.82) is 0 Å². The lowest BCUT2D eigenvalue weighted by molar-refractivity contribution is 0.102. The standard InChI is InChI=1S/C15H15N3O2S/c1-9-10(6-4-8-17-9)15(19)18-13-11(14(16)21)5-3-7-12(13)20-2/h3-8H,1-2H3,(H2,16,21)(H,18,19). The van der Waals surface area contributed by atoms with Crippen LogP contribution in [0.15, 0.2) is 36.5 Å². The maximum absolute atomic E-state index is 12.4. The molecule has 1 aromatic heterocycles. The highest BCUT2D eigenvalue weighted by Gasteiger charge is 2.16. The Morgan fingerprint density at radius 2 is 2.00 bits per heavy atom. The van der Waals surface area contributed by atoms with E-state index in [9.17, 15) is 4.79 Å². The Morgan fingerprint density at radius 3 is 2.62 bits per heavy atom. The largest absolute Gasteiger partial charge is 0.495 e. The minimum absolute atomic E-state index is 0.187. The van der Waals surface area contributed by atoms with Crippen molar-refractivity contribution in [3.8, 4) is 5.75 Å². The molecule has 6 heteroatoms. The number of nitrogens with zero attached hydrogens (tertiary/aromatic N) is 1. The van der Waals surface area contributed by atoms with E-state index in [1.54, 1.807) is 43.5 Å². The first-order chi connectivity index (χ1) is 10.0. The van der Waals surface area contributed by atoms with E-state index in [1.165, 1.54) is 7.11 Å². The zero-order chi connectivity index (χ0) is 15.4. The van der Waals surface area contributed by atoms with E-state index < -0.39 is 0 Å². The summed E-state index contributed by atoms with van der Waals surface area (Å²) >= 11 is 5.01. The summed E-state index contributed by atoms with van der Waals surface area (Å²) in [6.07, 6.45) is 1.63. The molecule has 0 spiro atoms. The van der Waals surface area contributed by atoms with Gasteiger partial charge in [0.1, 0.15) is 10.7 Å². The molecule has 1 amide bonds. The summed E-state index contributed by atoms with van der Waals surface area (Å²) in [7, 11) is 1.52. The fraction of sp³-hybridized carbons (Fsp3) is 0.133. The van der Waals surface area contributed by atoms with Crippen molar-refractivity contribution in [2.45, 2.75) is 6.92 Å². The molecule has 1 heterocycles. The van der Waals surface area contributed by atoms with Gasteiger partial charge in [0, 0.05) is 17.5 Å². The highest BCUT2D eigenvalue weighted by Crippen LogP contribution is 2.29. The molecule has 0 fully saturated rings. The van der Waals surface area contributed by atoms with E-state index in [-0.39, 0.29) is 10.9 Å². The molecule has 0 atom stereocenters. The fourth-order valence-corrected chi connectivity index (χ4v) is 2.11. The number of carbonyl (C=O) groups is 1. The first-order valence-electron chi connectivity index (χ1n) is 6.24. The first-order valence-corrected chi connectivity index (χ1v) is 6.65. The van der Waals surface area contributed by atoms with Crippen molar-refractivity contribution in [2.24, 2.45) is 5.73 Å². The second kappa shape index (κ2) is 6.32. The monoisotopic (exact) mass is 301 g/mol. The van der Waals surface area contributed by atoms with Crippen LogP contribution in [0.4, 0.5) is 5.69 Å². The van der Waals surface area contributed by atoms with Crippen LogP contribution >= 0.6 is 12.2 Å². The molecule has 2 rings (SSSR count). The second-order valence-corrected chi connectivity index (χ2v) is 4.78. The van der Waals surface area contributed by atoms with Crippen LogP contribution in [0.5, 0.6) is 5.75 Å². The van der Waals surface area contributed by atoms with Gasteiger partial charge >= 0.3 is 0 Å². The van der Waals surface area contributed by atoms with Crippen LogP contribution in [0, 0.1) is 6.92 Å². The smallest absolute Gasteiger partial charge is 0.257 e. The van der Waals surface area contributed by atoms with E-state index in [0.29, 0.717) is 28.3 Å². The maximum Gasteiger partial charge on any atom is 0.257 e. The second-order valence-electron chi connectivity index (χ2n) is 4.34. The molecule has 0 bridgehead atoms. The third kappa shape index (κ3) is 3.17. The van der Waals surface area contributed by atoms with Gasteiger partial charge in [-0.15, -0.1) is 0 Å². The molecule has 0 saturated carbocycles. The number of ether oxygens (including phenoxy) is 1. The number of aryl methyl sites for hydroxylation is 1. The quantitative estimate of drug-likeness (QED) is 0.847. The number of para-hydroxylation sites is 1. The molecule has 0 radical (unpaired) electrons. The number of hydrogen-bond donors (Lipinski definition) is 2. The van der Waals surface area contributed by atoms with Crippen molar-refractivity contribution < 1.29 is 9.53 Å². The topological polar surface area (TPSA) is 77.2 Å². The van der Waals surface area contributed by atoms with Crippen molar-refractivity contribution in [3.63, 3.8) is 0 Å². The highest BCUT2D eigenvalue weighted by molar-refractivity contribution is 7.80. The van der Waals surface area contributed by atoms with Crippen LogP contribution < -0.4 is 15.8 Å². The third-order valence-corrected chi connectivity index (χ3v) is 3.22. The van der Waals surface area contributed by atoms with Gasteiger partial charge in [-0.25, -0.2) is 0 Å². The van der Waals surface area contributed by atoms with Crippen LogP contribution in [-0.2, 0) is 0 Å². The van der Waals surface area contributed by atoms with Crippen molar-refractivity contribution in [1.82, 2.24) is 4.98 Å². The van der Waals surface area contributed by atoms with Crippen LogP contribution in [0.1, 0.15) is 21.6 Å². The molecule has 2 aromatic rings. The normalized spacial score (nSPS) is 10.0. The molecular weight excluding hydrogens is 286 g/mol. The number of benzene rings is 1. The maximum atomic E-state index is 12.4. The number of hydrogen-bond acceptors (Lipinski definition) is 4. The Kier molecular flexibility index (Phi) is 4.49. The number of thiocarbonyl (C=S) groups is 1. The molecular formula is C15H15N3O2S. The van der Waals surface area contributed by atoms with Gasteiger partial charge in [-0.1, -0.05) is 18.3 Å². The van der Waals surface area contributed by atoms with Gasteiger partial charge in [0.15, 0.2) is 0 Å². The van der Waals surface area contributed by atoms with Gasteiger partial charge in [0.25, 0.3) is 5.91 Å². The Labute approximate surface area is 128 Å². The number of anilines is 1. The lowest BCUT2D eigenvalue weighted by Crippen LogP contribution is -2.19. The molecule has 0 aliphatic carbocycles. The zero-order valence-corrected chi connectivity index (χ0v) is 12.5. The minimum Gasteiger partial charge on any atom is -0.495 e. The number of pyridine rings is 1. The van der Waals surface area contributed by atoms with E-state index in [4.69, 9.17) is 22.7 Å². The fourth-order valence-electron chi connectivity index (χ4n) is 1.94. The van der Waals surface area contributed by atoms with E-state index in [1.807, 2.05) is 0 Å². The minimum atomic E-state index is -0.289. The molecule has 1 aromatic carbocycles. The lowest BCUT2D eigenvalue weighted by atomic mass is 10.1. The summed E-state index contributed by atoms with van der Waals surface area (Å²) in [5.41, 5.74) is 7.83.